The minimum absolute atomic E-state index is 0.0856. The number of nitrogens with one attached hydrogen (secondary N) is 1. The van der Waals surface area contributed by atoms with Crippen LogP contribution in [-0.4, -0.2) is 11.8 Å². The summed E-state index contributed by atoms with van der Waals surface area (Å²) in [5, 5.41) is 3.09. The average molecular weight is 302 g/mol. The molecule has 21 heavy (non-hydrogen) atoms. The van der Waals surface area contributed by atoms with E-state index in [1.807, 2.05) is 69.3 Å². The van der Waals surface area contributed by atoms with E-state index in [-0.39, 0.29) is 5.91 Å². The fourth-order valence-electron chi connectivity index (χ4n) is 2.47. The van der Waals surface area contributed by atoms with Gasteiger partial charge in [-0.05, 0) is 37.5 Å². The summed E-state index contributed by atoms with van der Waals surface area (Å²) in [6.07, 6.45) is 0. The Balaban J connectivity index is 2.33. The van der Waals surface area contributed by atoms with Crippen molar-refractivity contribution in [1.82, 2.24) is 5.32 Å². The van der Waals surface area contributed by atoms with Crippen LogP contribution in [0.15, 0.2) is 48.5 Å². The maximum atomic E-state index is 12.7. The van der Waals surface area contributed by atoms with Crippen LogP contribution in [0.3, 0.4) is 0 Å². The maximum absolute atomic E-state index is 12.7. The number of halogens is 1. The van der Waals surface area contributed by atoms with Crippen LogP contribution in [0.1, 0.15) is 34.0 Å². The Bertz CT molecular complexity index is 619. The molecule has 0 bridgehead atoms. The number of rotatable bonds is 4. The fourth-order valence-corrected chi connectivity index (χ4v) is 2.70. The second kappa shape index (κ2) is 6.31. The highest BCUT2D eigenvalue weighted by Crippen LogP contribution is 2.24. The third-order valence-electron chi connectivity index (χ3n) is 3.78. The van der Waals surface area contributed by atoms with E-state index in [9.17, 15) is 4.79 Å². The number of alkyl halides is 1. The van der Waals surface area contributed by atoms with Gasteiger partial charge >= 0.3 is 0 Å². The molecule has 0 radical (unpaired) electrons. The van der Waals surface area contributed by atoms with E-state index in [0.717, 1.165) is 22.3 Å². The van der Waals surface area contributed by atoms with Gasteiger partial charge in [0.15, 0.2) is 0 Å². The van der Waals surface area contributed by atoms with Gasteiger partial charge in [-0.15, -0.1) is 11.6 Å². The van der Waals surface area contributed by atoms with Crippen molar-refractivity contribution in [3.05, 3.63) is 70.8 Å². The van der Waals surface area contributed by atoms with E-state index in [1.165, 1.54) is 0 Å². The molecule has 2 aromatic rings. The molecular formula is C18H20ClNO. The van der Waals surface area contributed by atoms with Gasteiger partial charge in [-0.3, -0.25) is 4.79 Å². The molecule has 1 N–H and O–H groups in total. The first-order chi connectivity index (χ1) is 9.98. The third kappa shape index (κ3) is 3.27. The minimum Gasteiger partial charge on any atom is -0.342 e. The van der Waals surface area contributed by atoms with Gasteiger partial charge in [0.25, 0.3) is 5.91 Å². The molecule has 0 aromatic heterocycles. The highest BCUT2D eigenvalue weighted by atomic mass is 35.5. The molecule has 0 fully saturated rings. The molecule has 0 saturated carbocycles. The summed E-state index contributed by atoms with van der Waals surface area (Å²) in [6, 6.07) is 15.7. The summed E-state index contributed by atoms with van der Waals surface area (Å²) in [7, 11) is 0. The van der Waals surface area contributed by atoms with Gasteiger partial charge in [-0.2, -0.15) is 0 Å². The standard InChI is InChI=1S/C18H20ClNO/c1-13-8-7-9-14(2)16(13)17(21)20-18(3,12-19)15-10-5-4-6-11-15/h4-11H,12H2,1-3H3,(H,20,21). The molecule has 0 aliphatic carbocycles. The number of hydrogen-bond donors (Lipinski definition) is 1. The summed E-state index contributed by atoms with van der Waals surface area (Å²) in [5.41, 5.74) is 3.08. The van der Waals surface area contributed by atoms with Gasteiger partial charge in [-0.25, -0.2) is 0 Å². The highest BCUT2D eigenvalue weighted by molar-refractivity contribution is 6.19. The first-order valence-electron chi connectivity index (χ1n) is 6.98. The van der Waals surface area contributed by atoms with Crippen molar-refractivity contribution < 1.29 is 4.79 Å². The van der Waals surface area contributed by atoms with E-state index >= 15 is 0 Å². The van der Waals surface area contributed by atoms with E-state index in [2.05, 4.69) is 5.32 Å². The lowest BCUT2D eigenvalue weighted by Crippen LogP contribution is -2.45. The van der Waals surface area contributed by atoms with E-state index < -0.39 is 5.54 Å². The predicted octanol–water partition coefficient (Wildman–Crippen LogP) is 4.19. The van der Waals surface area contributed by atoms with Crippen molar-refractivity contribution in [3.8, 4) is 0 Å². The number of carbonyl (C=O) groups is 1. The molecular weight excluding hydrogens is 282 g/mol. The molecule has 110 valence electrons. The summed E-state index contributed by atoms with van der Waals surface area (Å²) < 4.78 is 0. The van der Waals surface area contributed by atoms with Gasteiger partial charge in [0.2, 0.25) is 0 Å². The van der Waals surface area contributed by atoms with Crippen molar-refractivity contribution >= 4 is 17.5 Å². The van der Waals surface area contributed by atoms with Gasteiger partial charge < -0.3 is 5.32 Å². The van der Waals surface area contributed by atoms with E-state index in [0.29, 0.717) is 5.88 Å². The van der Waals surface area contributed by atoms with Crippen LogP contribution in [0.2, 0.25) is 0 Å². The topological polar surface area (TPSA) is 29.1 Å². The predicted molar refractivity (Wildman–Crippen MR) is 87.9 cm³/mol. The van der Waals surface area contributed by atoms with Crippen LogP contribution >= 0.6 is 11.6 Å². The van der Waals surface area contributed by atoms with Crippen molar-refractivity contribution in [3.63, 3.8) is 0 Å². The zero-order chi connectivity index (χ0) is 15.5. The quantitative estimate of drug-likeness (QED) is 0.843. The first-order valence-corrected chi connectivity index (χ1v) is 7.51. The van der Waals surface area contributed by atoms with Crippen molar-refractivity contribution in [2.24, 2.45) is 0 Å². The SMILES string of the molecule is Cc1cccc(C)c1C(=O)NC(C)(CCl)c1ccccc1. The normalized spacial score (nSPS) is 13.5. The Morgan fingerprint density at radius 1 is 1.05 bits per heavy atom. The van der Waals surface area contributed by atoms with E-state index in [4.69, 9.17) is 11.6 Å². The Labute approximate surface area is 131 Å². The number of hydrogen-bond acceptors (Lipinski definition) is 1. The largest absolute Gasteiger partial charge is 0.342 e. The highest BCUT2D eigenvalue weighted by Gasteiger charge is 2.28. The lowest BCUT2D eigenvalue weighted by molar-refractivity contribution is 0.0912. The molecule has 1 unspecified atom stereocenters. The summed E-state index contributed by atoms with van der Waals surface area (Å²) in [6.45, 7) is 5.84. The summed E-state index contributed by atoms with van der Waals surface area (Å²) in [5.74, 6) is 0.228. The lowest BCUT2D eigenvalue weighted by atomic mass is 9.92. The minimum atomic E-state index is -0.589. The Kier molecular flexibility index (Phi) is 4.69. The van der Waals surface area contributed by atoms with Crippen LogP contribution in [0, 0.1) is 13.8 Å². The molecule has 0 heterocycles. The lowest BCUT2D eigenvalue weighted by Gasteiger charge is -2.30. The number of carbonyl (C=O) groups excluding carboxylic acids is 1. The van der Waals surface area contributed by atoms with Crippen LogP contribution in [0.5, 0.6) is 0 Å². The summed E-state index contributed by atoms with van der Waals surface area (Å²) in [4.78, 5) is 12.7. The Hall–Kier alpha value is -1.80. The number of benzene rings is 2. The van der Waals surface area contributed by atoms with Crippen LogP contribution in [0.25, 0.3) is 0 Å². The van der Waals surface area contributed by atoms with Gasteiger partial charge in [0.05, 0.1) is 5.54 Å². The van der Waals surface area contributed by atoms with Crippen molar-refractivity contribution in [1.29, 1.82) is 0 Å². The second-order valence-corrected chi connectivity index (χ2v) is 5.82. The zero-order valence-corrected chi connectivity index (χ0v) is 13.4. The molecule has 2 nitrogen and oxygen atoms in total. The van der Waals surface area contributed by atoms with Crippen LogP contribution < -0.4 is 5.32 Å². The average Bonchev–Trinajstić information content (AvgIpc) is 2.48. The van der Waals surface area contributed by atoms with E-state index in [1.54, 1.807) is 0 Å². The van der Waals surface area contributed by atoms with Gasteiger partial charge in [0, 0.05) is 11.4 Å². The molecule has 0 saturated heterocycles. The fraction of sp³-hybridized carbons (Fsp3) is 0.278. The summed E-state index contributed by atoms with van der Waals surface area (Å²) >= 11 is 6.14. The molecule has 1 amide bonds. The Morgan fingerprint density at radius 3 is 2.14 bits per heavy atom. The van der Waals surface area contributed by atoms with Crippen LogP contribution in [-0.2, 0) is 5.54 Å². The molecule has 0 aliphatic rings. The zero-order valence-electron chi connectivity index (χ0n) is 12.6. The molecule has 3 heteroatoms. The molecule has 2 aromatic carbocycles. The maximum Gasteiger partial charge on any atom is 0.252 e. The van der Waals surface area contributed by atoms with Crippen LogP contribution in [0.4, 0.5) is 0 Å². The van der Waals surface area contributed by atoms with Crippen molar-refractivity contribution in [2.75, 3.05) is 5.88 Å². The molecule has 0 aliphatic heterocycles. The Morgan fingerprint density at radius 2 is 1.62 bits per heavy atom. The smallest absolute Gasteiger partial charge is 0.252 e. The monoisotopic (exact) mass is 301 g/mol. The molecule has 2 rings (SSSR count). The van der Waals surface area contributed by atoms with Crippen molar-refractivity contribution in [2.45, 2.75) is 26.3 Å². The molecule has 1 atom stereocenters. The number of aryl methyl sites for hydroxylation is 2. The second-order valence-electron chi connectivity index (χ2n) is 5.55. The first kappa shape index (κ1) is 15.6. The third-order valence-corrected chi connectivity index (χ3v) is 4.31. The number of amides is 1. The molecule has 0 spiro atoms. The van der Waals surface area contributed by atoms with Gasteiger partial charge in [-0.1, -0.05) is 48.5 Å². The van der Waals surface area contributed by atoms with Gasteiger partial charge in [0.1, 0.15) is 0 Å².